The quantitative estimate of drug-likeness (QED) is 0.270. The predicted molar refractivity (Wildman–Crippen MR) is 154 cm³/mol. The molecule has 196 valence electrons. The van der Waals surface area contributed by atoms with Crippen LogP contribution in [-0.2, 0) is 4.74 Å². The lowest BCUT2D eigenvalue weighted by Gasteiger charge is -2.36. The van der Waals surface area contributed by atoms with Crippen molar-refractivity contribution in [3.63, 3.8) is 0 Å². The summed E-state index contributed by atoms with van der Waals surface area (Å²) < 4.78 is 5.25. The third-order valence-electron chi connectivity index (χ3n) is 6.97. The Kier molecular flexibility index (Phi) is 9.69. The average molecular weight is 542 g/mol. The molecular weight excluding hydrogens is 507 g/mol. The van der Waals surface area contributed by atoms with Crippen LogP contribution in [0.3, 0.4) is 0 Å². The summed E-state index contributed by atoms with van der Waals surface area (Å²) in [6.45, 7) is 4.28. The highest BCUT2D eigenvalue weighted by molar-refractivity contribution is 6.35. The number of benzene rings is 3. The highest BCUT2D eigenvalue weighted by Crippen LogP contribution is 2.34. The normalized spacial score (nSPS) is 15.3. The molecular formula is C29H34Cl2N4O2. The number of nitrogens with two attached hydrogens (primary N) is 1. The third kappa shape index (κ3) is 7.86. The van der Waals surface area contributed by atoms with Crippen LogP contribution in [0.4, 0.5) is 16.2 Å². The van der Waals surface area contributed by atoms with Crippen molar-refractivity contribution in [2.75, 3.05) is 50.9 Å². The number of halogens is 2. The van der Waals surface area contributed by atoms with Gasteiger partial charge in [-0.15, -0.1) is 0 Å². The van der Waals surface area contributed by atoms with Crippen LogP contribution in [0.5, 0.6) is 0 Å². The number of amides is 2. The fourth-order valence-electron chi connectivity index (χ4n) is 5.00. The molecule has 2 amide bonds. The Morgan fingerprint density at radius 3 is 2.38 bits per heavy atom. The van der Waals surface area contributed by atoms with Gasteiger partial charge in [-0.3, -0.25) is 0 Å². The summed E-state index contributed by atoms with van der Waals surface area (Å²) in [6, 6.07) is 21.2. The van der Waals surface area contributed by atoms with Gasteiger partial charge in [0.1, 0.15) is 0 Å². The molecule has 1 aliphatic heterocycles. The Bertz CT molecular complexity index is 1160. The van der Waals surface area contributed by atoms with Crippen LogP contribution in [0.15, 0.2) is 66.7 Å². The molecule has 1 atom stereocenters. The zero-order valence-electron chi connectivity index (χ0n) is 21.1. The van der Waals surface area contributed by atoms with Crippen LogP contribution in [0, 0.1) is 5.92 Å². The number of likely N-dealkylation sites (tertiary alicyclic amines) is 1. The molecule has 8 heteroatoms. The maximum atomic E-state index is 12.8. The summed E-state index contributed by atoms with van der Waals surface area (Å²) in [6.07, 6.45) is 2.14. The number of anilines is 2. The van der Waals surface area contributed by atoms with Crippen LogP contribution >= 0.6 is 23.2 Å². The van der Waals surface area contributed by atoms with E-state index in [0.29, 0.717) is 28.2 Å². The average Bonchev–Trinajstić information content (AvgIpc) is 2.88. The zero-order chi connectivity index (χ0) is 26.2. The van der Waals surface area contributed by atoms with E-state index in [0.717, 1.165) is 55.9 Å². The van der Waals surface area contributed by atoms with E-state index in [9.17, 15) is 4.79 Å². The van der Waals surface area contributed by atoms with E-state index in [2.05, 4.69) is 45.9 Å². The Morgan fingerprint density at radius 2 is 1.73 bits per heavy atom. The first-order chi connectivity index (χ1) is 17.9. The van der Waals surface area contributed by atoms with Crippen molar-refractivity contribution >= 4 is 40.6 Å². The highest BCUT2D eigenvalue weighted by atomic mass is 35.5. The van der Waals surface area contributed by atoms with E-state index in [1.165, 1.54) is 5.56 Å². The lowest BCUT2D eigenvalue weighted by molar-refractivity contribution is 0.114. The van der Waals surface area contributed by atoms with Gasteiger partial charge in [0, 0.05) is 47.5 Å². The van der Waals surface area contributed by atoms with Crippen molar-refractivity contribution in [3.05, 3.63) is 82.3 Å². The predicted octanol–water partition coefficient (Wildman–Crippen LogP) is 6.51. The largest absolute Gasteiger partial charge is 0.399 e. The number of piperidine rings is 1. The number of carbonyl (C=O) groups excluding carboxylic acids is 1. The summed E-state index contributed by atoms with van der Waals surface area (Å²) in [4.78, 5) is 15.2. The lowest BCUT2D eigenvalue weighted by Crippen LogP contribution is -2.40. The van der Waals surface area contributed by atoms with Crippen molar-refractivity contribution < 1.29 is 9.53 Å². The lowest BCUT2D eigenvalue weighted by atomic mass is 9.79. The fraction of sp³-hybridized carbons (Fsp3) is 0.345. The first-order valence-electron chi connectivity index (χ1n) is 12.6. The van der Waals surface area contributed by atoms with Gasteiger partial charge in [0.05, 0.1) is 6.61 Å². The molecule has 1 heterocycles. The molecule has 1 unspecified atom stereocenters. The van der Waals surface area contributed by atoms with E-state index >= 15 is 0 Å². The maximum absolute atomic E-state index is 12.8. The zero-order valence-corrected chi connectivity index (χ0v) is 22.6. The molecule has 1 saturated heterocycles. The van der Waals surface area contributed by atoms with Gasteiger partial charge >= 0.3 is 6.03 Å². The Balaban J connectivity index is 1.47. The molecule has 3 aromatic carbocycles. The van der Waals surface area contributed by atoms with Crippen LogP contribution in [0.25, 0.3) is 11.1 Å². The van der Waals surface area contributed by atoms with E-state index < -0.39 is 0 Å². The van der Waals surface area contributed by atoms with E-state index in [-0.39, 0.29) is 11.9 Å². The highest BCUT2D eigenvalue weighted by Gasteiger charge is 2.28. The summed E-state index contributed by atoms with van der Waals surface area (Å²) in [5.41, 5.74) is 10.7. The minimum Gasteiger partial charge on any atom is -0.399 e. The molecule has 1 fully saturated rings. The maximum Gasteiger partial charge on any atom is 0.319 e. The van der Waals surface area contributed by atoms with E-state index in [1.807, 2.05) is 18.2 Å². The van der Waals surface area contributed by atoms with E-state index in [4.69, 9.17) is 33.7 Å². The number of hydrogen-bond acceptors (Lipinski definition) is 4. The second kappa shape index (κ2) is 13.2. The minimum atomic E-state index is -0.280. The number of nitrogen functional groups attached to an aromatic ring is 1. The van der Waals surface area contributed by atoms with Gasteiger partial charge in [-0.25, -0.2) is 4.79 Å². The Labute approximate surface area is 229 Å². The van der Waals surface area contributed by atoms with Crippen LogP contribution in [-0.4, -0.2) is 50.8 Å². The number of nitrogens with one attached hydrogen (secondary N) is 2. The molecule has 6 nitrogen and oxygen atoms in total. The minimum absolute atomic E-state index is 0.188. The number of hydrogen-bond donors (Lipinski definition) is 3. The molecule has 0 saturated carbocycles. The molecule has 4 N–H and O–H groups in total. The number of urea groups is 1. The van der Waals surface area contributed by atoms with Gasteiger partial charge in [-0.2, -0.15) is 0 Å². The monoisotopic (exact) mass is 540 g/mol. The number of rotatable bonds is 9. The molecule has 0 spiro atoms. The smallest absolute Gasteiger partial charge is 0.319 e. The summed E-state index contributed by atoms with van der Waals surface area (Å²) in [5, 5.41) is 6.87. The van der Waals surface area contributed by atoms with Crippen LogP contribution in [0.1, 0.15) is 24.3 Å². The number of carbonyl (C=O) groups is 1. The fourth-order valence-corrected chi connectivity index (χ4v) is 5.53. The third-order valence-corrected chi connectivity index (χ3v) is 7.41. The molecule has 0 radical (unpaired) electrons. The molecule has 1 aliphatic rings. The van der Waals surface area contributed by atoms with Crippen molar-refractivity contribution in [2.24, 2.45) is 5.92 Å². The topological polar surface area (TPSA) is 79.6 Å². The number of ether oxygens (including phenoxy) is 1. The summed E-state index contributed by atoms with van der Waals surface area (Å²) in [7, 11) is 1.74. The van der Waals surface area contributed by atoms with Gasteiger partial charge in [0.25, 0.3) is 0 Å². The number of methoxy groups -OCH3 is 1. The van der Waals surface area contributed by atoms with Crippen LogP contribution < -0.4 is 16.4 Å². The van der Waals surface area contributed by atoms with Gasteiger partial charge in [0.15, 0.2) is 0 Å². The molecule has 3 aromatic rings. The van der Waals surface area contributed by atoms with E-state index in [1.54, 1.807) is 25.3 Å². The summed E-state index contributed by atoms with van der Waals surface area (Å²) >= 11 is 12.2. The van der Waals surface area contributed by atoms with Crippen LogP contribution in [0.2, 0.25) is 10.0 Å². The SMILES string of the molecule is COCCN1CCC(C(CNC(=O)Nc2cc(Cl)cc(Cl)c2)c2ccc(-c3cccc(N)c3)cc2)CC1. The first-order valence-corrected chi connectivity index (χ1v) is 13.3. The molecule has 0 aliphatic carbocycles. The molecule has 4 rings (SSSR count). The van der Waals surface area contributed by atoms with Gasteiger partial charge in [-0.05, 0) is 78.9 Å². The molecule has 37 heavy (non-hydrogen) atoms. The number of nitrogens with zero attached hydrogens (tertiary/aromatic N) is 1. The standard InChI is InChI=1S/C29H34Cl2N4O2/c1-37-14-13-35-11-9-22(10-12-35)28(19-33-29(36)34-27-17-24(30)16-25(31)18-27)21-7-5-20(6-8-21)23-3-2-4-26(32)15-23/h2-8,15-18,22,28H,9-14,19,32H2,1H3,(H2,33,34,36). The van der Waals surface area contributed by atoms with Crippen molar-refractivity contribution in [1.82, 2.24) is 10.2 Å². The van der Waals surface area contributed by atoms with Gasteiger partial charge in [0.2, 0.25) is 0 Å². The Hall–Kier alpha value is -2.77. The summed E-state index contributed by atoms with van der Waals surface area (Å²) in [5.74, 6) is 0.645. The molecule has 0 aromatic heterocycles. The van der Waals surface area contributed by atoms with Gasteiger partial charge < -0.3 is 26.0 Å². The second-order valence-corrected chi connectivity index (χ2v) is 10.4. The van der Waals surface area contributed by atoms with Gasteiger partial charge in [-0.1, -0.05) is 59.6 Å². The van der Waals surface area contributed by atoms with Crippen molar-refractivity contribution in [1.29, 1.82) is 0 Å². The second-order valence-electron chi connectivity index (χ2n) is 9.52. The van der Waals surface area contributed by atoms with Crippen molar-refractivity contribution in [3.8, 4) is 11.1 Å². The Morgan fingerprint density at radius 1 is 1.03 bits per heavy atom. The molecule has 0 bridgehead atoms. The van der Waals surface area contributed by atoms with Crippen molar-refractivity contribution in [2.45, 2.75) is 18.8 Å². The first kappa shape index (κ1) is 27.3.